The summed E-state index contributed by atoms with van der Waals surface area (Å²) in [6.07, 6.45) is 0. The van der Waals surface area contributed by atoms with Crippen LogP contribution < -0.4 is 0 Å². The molecule has 1 heterocycles. The SMILES string of the molecule is O=[N+]([O-])c1ccc(CN2CCN(S(=O)(=O)c3c(F)cccc3F)CC2)cc1. The predicted molar refractivity (Wildman–Crippen MR) is 93.5 cm³/mol. The van der Waals surface area contributed by atoms with E-state index in [1.165, 1.54) is 12.1 Å². The molecule has 27 heavy (non-hydrogen) atoms. The van der Waals surface area contributed by atoms with Crippen LogP contribution in [0.15, 0.2) is 47.4 Å². The number of nitro benzene ring substituents is 1. The molecule has 0 bridgehead atoms. The second kappa shape index (κ2) is 7.67. The van der Waals surface area contributed by atoms with E-state index in [1.54, 1.807) is 12.1 Å². The van der Waals surface area contributed by atoms with Crippen molar-refractivity contribution in [3.63, 3.8) is 0 Å². The van der Waals surface area contributed by atoms with Crippen LogP contribution in [-0.2, 0) is 16.6 Å². The van der Waals surface area contributed by atoms with Gasteiger partial charge in [-0.25, -0.2) is 17.2 Å². The fourth-order valence-corrected chi connectivity index (χ4v) is 4.50. The first-order valence-electron chi connectivity index (χ1n) is 8.19. The van der Waals surface area contributed by atoms with Crippen molar-refractivity contribution in [2.75, 3.05) is 26.2 Å². The van der Waals surface area contributed by atoms with Crippen LogP contribution in [0, 0.1) is 21.7 Å². The molecule has 0 saturated carbocycles. The van der Waals surface area contributed by atoms with Crippen LogP contribution in [0.2, 0.25) is 0 Å². The first-order chi connectivity index (χ1) is 12.8. The first kappa shape index (κ1) is 19.3. The zero-order valence-corrected chi connectivity index (χ0v) is 15.0. The first-order valence-corrected chi connectivity index (χ1v) is 9.63. The van der Waals surface area contributed by atoms with Gasteiger partial charge in [0.1, 0.15) is 11.6 Å². The average Bonchev–Trinajstić information content (AvgIpc) is 2.62. The zero-order valence-electron chi connectivity index (χ0n) is 14.2. The minimum atomic E-state index is -4.25. The van der Waals surface area contributed by atoms with E-state index in [0.717, 1.165) is 28.1 Å². The Morgan fingerprint density at radius 2 is 1.52 bits per heavy atom. The van der Waals surface area contributed by atoms with Crippen LogP contribution in [0.25, 0.3) is 0 Å². The molecule has 0 atom stereocenters. The van der Waals surface area contributed by atoms with E-state index in [2.05, 4.69) is 0 Å². The Bertz CT molecular complexity index is 923. The van der Waals surface area contributed by atoms with Gasteiger partial charge in [0, 0.05) is 44.9 Å². The minimum Gasteiger partial charge on any atom is -0.296 e. The molecule has 0 spiro atoms. The van der Waals surface area contributed by atoms with Gasteiger partial charge < -0.3 is 0 Å². The van der Waals surface area contributed by atoms with Crippen molar-refractivity contribution < 1.29 is 22.1 Å². The van der Waals surface area contributed by atoms with Crippen molar-refractivity contribution >= 4 is 15.7 Å². The maximum absolute atomic E-state index is 13.9. The molecule has 144 valence electrons. The normalized spacial score (nSPS) is 16.4. The standard InChI is InChI=1S/C17H17F2N3O4S/c18-15-2-1-3-16(19)17(15)27(25,26)21-10-8-20(9-11-21)12-13-4-6-14(7-5-13)22(23)24/h1-7H,8-12H2. The Hall–Kier alpha value is -2.43. The van der Waals surface area contributed by atoms with Crippen LogP contribution in [0.3, 0.4) is 0 Å². The summed E-state index contributed by atoms with van der Waals surface area (Å²) in [6.45, 7) is 1.46. The number of nitro groups is 1. The smallest absolute Gasteiger partial charge is 0.269 e. The number of hydrogen-bond donors (Lipinski definition) is 0. The largest absolute Gasteiger partial charge is 0.296 e. The second-order valence-corrected chi connectivity index (χ2v) is 8.03. The Kier molecular flexibility index (Phi) is 5.49. The number of nitrogens with zero attached hydrogens (tertiary/aromatic N) is 3. The van der Waals surface area contributed by atoms with Crippen molar-refractivity contribution in [1.29, 1.82) is 0 Å². The van der Waals surface area contributed by atoms with Crippen LogP contribution in [-0.4, -0.2) is 48.7 Å². The fraction of sp³-hybridized carbons (Fsp3) is 0.294. The molecule has 2 aromatic carbocycles. The lowest BCUT2D eigenvalue weighted by atomic mass is 10.2. The number of piperazine rings is 1. The molecule has 0 amide bonds. The summed E-state index contributed by atoms with van der Waals surface area (Å²) in [6, 6.07) is 9.08. The van der Waals surface area contributed by atoms with Crippen molar-refractivity contribution in [2.24, 2.45) is 0 Å². The minimum absolute atomic E-state index is 0.00146. The lowest BCUT2D eigenvalue weighted by Gasteiger charge is -2.34. The van der Waals surface area contributed by atoms with Gasteiger partial charge in [0.25, 0.3) is 5.69 Å². The third-order valence-electron chi connectivity index (χ3n) is 4.40. The summed E-state index contributed by atoms with van der Waals surface area (Å²) in [4.78, 5) is 11.3. The molecule has 2 aromatic rings. The molecule has 3 rings (SSSR count). The number of non-ortho nitro benzene ring substituents is 1. The summed E-state index contributed by atoms with van der Waals surface area (Å²) in [5, 5.41) is 10.7. The van der Waals surface area contributed by atoms with Crippen molar-refractivity contribution in [2.45, 2.75) is 11.4 Å². The monoisotopic (exact) mass is 397 g/mol. The topological polar surface area (TPSA) is 83.8 Å². The van der Waals surface area contributed by atoms with Crippen LogP contribution in [0.1, 0.15) is 5.56 Å². The molecule has 1 saturated heterocycles. The van der Waals surface area contributed by atoms with Crippen molar-refractivity contribution in [3.05, 3.63) is 69.8 Å². The van der Waals surface area contributed by atoms with Gasteiger partial charge in [-0.3, -0.25) is 15.0 Å². The molecule has 7 nitrogen and oxygen atoms in total. The maximum atomic E-state index is 13.9. The van der Waals surface area contributed by atoms with Crippen LogP contribution in [0.5, 0.6) is 0 Å². The molecule has 1 aliphatic heterocycles. The van der Waals surface area contributed by atoms with Crippen molar-refractivity contribution in [3.8, 4) is 0 Å². The Morgan fingerprint density at radius 3 is 2.04 bits per heavy atom. The quantitative estimate of drug-likeness (QED) is 0.571. The third kappa shape index (κ3) is 4.12. The highest BCUT2D eigenvalue weighted by Crippen LogP contribution is 2.24. The summed E-state index contributed by atoms with van der Waals surface area (Å²) in [5.74, 6) is -2.22. The number of halogens is 2. The Balaban J connectivity index is 1.65. The number of hydrogen-bond acceptors (Lipinski definition) is 5. The summed E-state index contributed by atoms with van der Waals surface area (Å²) >= 11 is 0. The molecule has 0 unspecified atom stereocenters. The van der Waals surface area contributed by atoms with Gasteiger partial charge >= 0.3 is 0 Å². The average molecular weight is 397 g/mol. The fourth-order valence-electron chi connectivity index (χ4n) is 2.97. The molecule has 0 radical (unpaired) electrons. The van der Waals surface area contributed by atoms with Crippen LogP contribution >= 0.6 is 0 Å². The van der Waals surface area contributed by atoms with Gasteiger partial charge in [0.05, 0.1) is 4.92 Å². The molecule has 0 aromatic heterocycles. The highest BCUT2D eigenvalue weighted by atomic mass is 32.2. The number of rotatable bonds is 5. The van der Waals surface area contributed by atoms with Gasteiger partial charge in [0.15, 0.2) is 4.90 Å². The molecular weight excluding hydrogens is 380 g/mol. The lowest BCUT2D eigenvalue weighted by Crippen LogP contribution is -2.48. The maximum Gasteiger partial charge on any atom is 0.269 e. The molecule has 0 N–H and O–H groups in total. The van der Waals surface area contributed by atoms with Gasteiger partial charge in [-0.15, -0.1) is 0 Å². The molecule has 1 fully saturated rings. The van der Waals surface area contributed by atoms with Crippen LogP contribution in [0.4, 0.5) is 14.5 Å². The zero-order chi connectivity index (χ0) is 19.6. The van der Waals surface area contributed by atoms with E-state index >= 15 is 0 Å². The predicted octanol–water partition coefficient (Wildman–Crippen LogP) is 2.38. The molecule has 1 aliphatic rings. The molecule has 10 heteroatoms. The van der Waals surface area contributed by atoms with E-state index in [4.69, 9.17) is 0 Å². The number of sulfonamides is 1. The van der Waals surface area contributed by atoms with E-state index in [9.17, 15) is 27.3 Å². The Labute approximate surface area is 155 Å². The van der Waals surface area contributed by atoms with Crippen molar-refractivity contribution in [1.82, 2.24) is 9.21 Å². The Morgan fingerprint density at radius 1 is 0.963 bits per heavy atom. The van der Waals surface area contributed by atoms with Gasteiger partial charge in [-0.05, 0) is 17.7 Å². The summed E-state index contributed by atoms with van der Waals surface area (Å²) < 4.78 is 53.9. The second-order valence-electron chi connectivity index (χ2n) is 6.15. The third-order valence-corrected chi connectivity index (χ3v) is 6.35. The number of benzene rings is 2. The van der Waals surface area contributed by atoms with Gasteiger partial charge in [-0.2, -0.15) is 4.31 Å². The summed E-state index contributed by atoms with van der Waals surface area (Å²) in [7, 11) is -4.25. The molecular formula is C17H17F2N3O4S. The van der Waals surface area contributed by atoms with E-state index in [0.29, 0.717) is 19.6 Å². The van der Waals surface area contributed by atoms with E-state index in [-0.39, 0.29) is 18.8 Å². The van der Waals surface area contributed by atoms with Gasteiger partial charge in [0.2, 0.25) is 10.0 Å². The lowest BCUT2D eigenvalue weighted by molar-refractivity contribution is -0.384. The summed E-state index contributed by atoms with van der Waals surface area (Å²) in [5.41, 5.74) is 0.860. The van der Waals surface area contributed by atoms with E-state index in [1.807, 2.05) is 4.90 Å². The highest BCUT2D eigenvalue weighted by molar-refractivity contribution is 7.89. The molecule has 0 aliphatic carbocycles. The van der Waals surface area contributed by atoms with E-state index < -0.39 is 31.5 Å². The van der Waals surface area contributed by atoms with Gasteiger partial charge in [-0.1, -0.05) is 18.2 Å². The highest BCUT2D eigenvalue weighted by Gasteiger charge is 2.33.